The first-order chi connectivity index (χ1) is 41.0. The van der Waals surface area contributed by atoms with Gasteiger partial charge in [-0.15, -0.1) is 0 Å². The molecule has 5 atom stereocenters. The van der Waals surface area contributed by atoms with Crippen molar-refractivity contribution in [2.45, 2.75) is 330 Å². The molecule has 0 bridgehead atoms. The number of unbranched alkanes of at least 4 members (excludes halogenated alkanes) is 24. The number of likely N-dealkylation sites (tertiary alicyclic amines) is 1. The summed E-state index contributed by atoms with van der Waals surface area (Å²) in [6.45, 7) is 18.8. The minimum atomic E-state index is -0.137. The molecule has 0 aromatic heterocycles. The van der Waals surface area contributed by atoms with E-state index in [0.717, 1.165) is 136 Å². The van der Waals surface area contributed by atoms with Crippen molar-refractivity contribution in [3.05, 3.63) is 0 Å². The number of ether oxygens (including phenoxy) is 4. The quantitative estimate of drug-likeness (QED) is 0.0331. The largest absolute Gasteiger partial charge is 0.466 e. The summed E-state index contributed by atoms with van der Waals surface area (Å²) in [5, 5.41) is 0. The molecule has 11 heteroatoms. The van der Waals surface area contributed by atoms with Crippen molar-refractivity contribution < 1.29 is 38.1 Å². The van der Waals surface area contributed by atoms with E-state index < -0.39 is 0 Å². The van der Waals surface area contributed by atoms with Gasteiger partial charge in [0, 0.05) is 39.0 Å². The summed E-state index contributed by atoms with van der Waals surface area (Å²) in [5.74, 6) is 2.71. The molecule has 0 aromatic carbocycles. The number of amides is 1. The Morgan fingerprint density at radius 1 is 0.345 bits per heavy atom. The lowest BCUT2D eigenvalue weighted by Gasteiger charge is -2.32. The molecule has 0 saturated carbocycles. The molecule has 494 valence electrons. The van der Waals surface area contributed by atoms with Gasteiger partial charge in [0.05, 0.1) is 32.3 Å². The summed E-state index contributed by atoms with van der Waals surface area (Å²) in [4.78, 5) is 58.3. The van der Waals surface area contributed by atoms with Crippen molar-refractivity contribution in [1.29, 1.82) is 0 Å². The third-order valence-corrected chi connectivity index (χ3v) is 19.3. The van der Waals surface area contributed by atoms with Gasteiger partial charge >= 0.3 is 24.0 Å². The van der Waals surface area contributed by atoms with Crippen LogP contribution in [0.2, 0.25) is 0 Å². The fourth-order valence-electron chi connectivity index (χ4n) is 13.2. The summed E-state index contributed by atoms with van der Waals surface area (Å²) in [5.41, 5.74) is 0. The number of likely N-dealkylation sites (N-methyl/N-ethyl adjacent to an activating group) is 1. The molecule has 0 aliphatic carbocycles. The molecule has 2 saturated heterocycles. The fraction of sp³-hybridized carbons (Fsp3) is 0.945. The number of nitrogens with zero attached hydrogens (tertiary/aromatic N) is 3. The van der Waals surface area contributed by atoms with Gasteiger partial charge in [0.2, 0.25) is 0 Å². The zero-order chi connectivity index (χ0) is 60.9. The van der Waals surface area contributed by atoms with Gasteiger partial charge in [-0.1, -0.05) is 240 Å². The number of rotatable bonds is 57. The Morgan fingerprint density at radius 3 is 1.25 bits per heavy atom. The van der Waals surface area contributed by atoms with Crippen LogP contribution < -0.4 is 0 Å². The first-order valence-electron chi connectivity index (χ1n) is 36.8. The average molecular weight is 1190 g/mol. The SMILES string of the molecule is CCCCCCCC(CCC(CCCCCCCCC(=O)OCCCCCC)COC(=O)C1CCN(C)CC1)C(CCCCC)CCCCC(CCCCCCCCC(=O)OCC(CCCC)CCCCCC)COC(=O)N1CCN(C)CC1. The van der Waals surface area contributed by atoms with Gasteiger partial charge in [0.15, 0.2) is 0 Å². The normalized spacial score (nSPS) is 16.3. The highest BCUT2D eigenvalue weighted by molar-refractivity contribution is 5.72. The molecule has 0 radical (unpaired) electrons. The van der Waals surface area contributed by atoms with E-state index in [-0.39, 0.29) is 29.9 Å². The molecule has 1 amide bonds. The monoisotopic (exact) mass is 1190 g/mol. The maximum atomic E-state index is 13.5. The van der Waals surface area contributed by atoms with Gasteiger partial charge in [-0.2, -0.15) is 0 Å². The Bertz CT molecular complexity index is 1530. The summed E-state index contributed by atoms with van der Waals surface area (Å²) in [6, 6.07) is 0. The lowest BCUT2D eigenvalue weighted by atomic mass is 9.76. The van der Waals surface area contributed by atoms with Gasteiger partial charge < -0.3 is 33.6 Å². The number of carbonyl (C=O) groups is 4. The van der Waals surface area contributed by atoms with Crippen molar-refractivity contribution in [2.75, 3.05) is 79.8 Å². The molecule has 2 aliphatic heterocycles. The van der Waals surface area contributed by atoms with Crippen molar-refractivity contribution >= 4 is 24.0 Å². The summed E-state index contributed by atoms with van der Waals surface area (Å²) in [7, 11) is 4.28. The highest BCUT2D eigenvalue weighted by Gasteiger charge is 2.28. The van der Waals surface area contributed by atoms with E-state index >= 15 is 0 Å². The molecule has 0 N–H and O–H groups in total. The van der Waals surface area contributed by atoms with Crippen molar-refractivity contribution in [2.24, 2.45) is 35.5 Å². The number of piperazine rings is 1. The predicted octanol–water partition coefficient (Wildman–Crippen LogP) is 19.7. The Morgan fingerprint density at radius 2 is 0.702 bits per heavy atom. The molecule has 0 aromatic rings. The second kappa shape index (κ2) is 54.7. The van der Waals surface area contributed by atoms with E-state index in [4.69, 9.17) is 18.9 Å². The lowest BCUT2D eigenvalue weighted by molar-refractivity contribution is -0.151. The third kappa shape index (κ3) is 42.5. The van der Waals surface area contributed by atoms with Gasteiger partial charge in [-0.05, 0) is 134 Å². The summed E-state index contributed by atoms with van der Waals surface area (Å²) in [6.07, 6.45) is 52.8. The Balaban J connectivity index is 2.04. The lowest BCUT2D eigenvalue weighted by Crippen LogP contribution is -2.47. The average Bonchev–Trinajstić information content (AvgIpc) is 3.52. The zero-order valence-corrected chi connectivity index (χ0v) is 56.7. The molecule has 2 heterocycles. The van der Waals surface area contributed by atoms with Gasteiger partial charge in [0.25, 0.3) is 0 Å². The van der Waals surface area contributed by atoms with Gasteiger partial charge in [-0.3, -0.25) is 14.4 Å². The van der Waals surface area contributed by atoms with E-state index in [9.17, 15) is 19.2 Å². The molecule has 0 spiro atoms. The van der Waals surface area contributed by atoms with E-state index in [1.165, 1.54) is 186 Å². The molecule has 84 heavy (non-hydrogen) atoms. The van der Waals surface area contributed by atoms with Crippen LogP contribution in [0.5, 0.6) is 0 Å². The first-order valence-corrected chi connectivity index (χ1v) is 36.8. The number of hydrogen-bond acceptors (Lipinski definition) is 10. The van der Waals surface area contributed by atoms with Crippen LogP contribution in [0.1, 0.15) is 330 Å². The fourth-order valence-corrected chi connectivity index (χ4v) is 13.2. The molecular weight excluding hydrogens is 1050 g/mol. The van der Waals surface area contributed by atoms with Gasteiger partial charge in [-0.25, -0.2) is 4.79 Å². The Labute approximate surface area is 519 Å². The number of carbonyl (C=O) groups excluding carboxylic acids is 4. The molecular formula is C73H139N3O8. The van der Waals surface area contributed by atoms with Crippen LogP contribution in [0.25, 0.3) is 0 Å². The maximum absolute atomic E-state index is 13.5. The van der Waals surface area contributed by atoms with E-state index in [1.807, 2.05) is 4.90 Å². The zero-order valence-electron chi connectivity index (χ0n) is 56.7. The maximum Gasteiger partial charge on any atom is 0.409 e. The number of piperidine rings is 1. The smallest absolute Gasteiger partial charge is 0.409 e. The molecule has 2 rings (SSSR count). The van der Waals surface area contributed by atoms with Crippen LogP contribution >= 0.6 is 0 Å². The topological polar surface area (TPSA) is 115 Å². The van der Waals surface area contributed by atoms with Crippen LogP contribution in [0.3, 0.4) is 0 Å². The van der Waals surface area contributed by atoms with Crippen LogP contribution in [0.15, 0.2) is 0 Å². The highest BCUT2D eigenvalue weighted by Crippen LogP contribution is 2.35. The summed E-state index contributed by atoms with van der Waals surface area (Å²) < 4.78 is 23.7. The second-order valence-corrected chi connectivity index (χ2v) is 27.0. The highest BCUT2D eigenvalue weighted by atomic mass is 16.6. The predicted molar refractivity (Wildman–Crippen MR) is 352 cm³/mol. The van der Waals surface area contributed by atoms with Crippen molar-refractivity contribution in [1.82, 2.24) is 14.7 Å². The van der Waals surface area contributed by atoms with Crippen molar-refractivity contribution in [3.8, 4) is 0 Å². The molecule has 11 nitrogen and oxygen atoms in total. The first kappa shape index (κ1) is 77.7. The van der Waals surface area contributed by atoms with Gasteiger partial charge in [0.1, 0.15) is 0 Å². The van der Waals surface area contributed by atoms with Crippen LogP contribution in [0.4, 0.5) is 4.79 Å². The Kier molecular flexibility index (Phi) is 50.6. The molecule has 5 unspecified atom stereocenters. The molecule has 2 fully saturated rings. The second-order valence-electron chi connectivity index (χ2n) is 27.0. The third-order valence-electron chi connectivity index (χ3n) is 19.3. The number of hydrogen-bond donors (Lipinski definition) is 0. The minimum Gasteiger partial charge on any atom is -0.466 e. The number of esters is 3. The standard InChI is InChI=1S/C73H139N3O8/c1-8-13-18-25-34-46-68(51-50-66(62-83-72(79)69-52-54-74(6)55-53-69)43-33-27-22-23-28-35-48-70(77)81-60-39-20-15-10-3)67(45-30-16-11-4)47-38-37-44-65(63-84-73(80)76-58-56-75(7)57-59-76)42-32-26-21-24-29-36-49-71(78)82-61-64(40-17-12-5)41-31-19-14-9-2/h64-69H,8-63H2,1-7H3. The summed E-state index contributed by atoms with van der Waals surface area (Å²) >= 11 is 0. The Hall–Kier alpha value is -2.40. The van der Waals surface area contributed by atoms with Crippen LogP contribution in [-0.4, -0.2) is 118 Å². The molecule has 2 aliphatic rings. The minimum absolute atomic E-state index is 0.0124. The van der Waals surface area contributed by atoms with Crippen LogP contribution in [0, 0.1) is 35.5 Å². The van der Waals surface area contributed by atoms with Crippen LogP contribution in [-0.2, 0) is 33.3 Å². The van der Waals surface area contributed by atoms with E-state index in [1.54, 1.807) is 0 Å². The van der Waals surface area contributed by atoms with E-state index in [2.05, 4.69) is 58.5 Å². The van der Waals surface area contributed by atoms with E-state index in [0.29, 0.717) is 68.9 Å². The van der Waals surface area contributed by atoms with Crippen molar-refractivity contribution in [3.63, 3.8) is 0 Å².